The first-order valence-electron chi connectivity index (χ1n) is 5.10. The van der Waals surface area contributed by atoms with Gasteiger partial charge in [0.05, 0.1) is 13.3 Å². The molecule has 0 amide bonds. The summed E-state index contributed by atoms with van der Waals surface area (Å²) in [7, 11) is 1.52. The van der Waals surface area contributed by atoms with Crippen molar-refractivity contribution in [3.8, 4) is 11.5 Å². The van der Waals surface area contributed by atoms with Crippen LogP contribution in [0.15, 0.2) is 23.3 Å². The maximum absolute atomic E-state index is 9.77. The number of para-hydroxylation sites is 1. The number of phenols is 1. The molecule has 1 aromatic rings. The Morgan fingerprint density at radius 1 is 1.35 bits per heavy atom. The van der Waals surface area contributed by atoms with Gasteiger partial charge in [-0.2, -0.15) is 5.10 Å². The minimum atomic E-state index is -0.0923. The summed E-state index contributed by atoms with van der Waals surface area (Å²) in [6.07, 6.45) is 1.57. The number of phenolic OH excluding ortho intramolecular Hbond substituents is 1. The zero-order chi connectivity index (χ0) is 12.2. The molecule has 0 bridgehead atoms. The number of hydrogen-bond acceptors (Lipinski definition) is 4. The van der Waals surface area contributed by atoms with Gasteiger partial charge in [0.1, 0.15) is 0 Å². The summed E-state index contributed by atoms with van der Waals surface area (Å²) in [6.45, 7) is 6.03. The quantitative estimate of drug-likeness (QED) is 0.647. The molecule has 0 atom stereocenters. The number of nitrogens with zero attached hydrogens (tertiary/aromatic N) is 1. The molecular weight excluding hydrogens is 240 g/mol. The van der Waals surface area contributed by atoms with Gasteiger partial charge in [-0.1, -0.05) is 6.07 Å². The molecular formula is C12H19ClN2O2. The molecule has 0 spiro atoms. The van der Waals surface area contributed by atoms with Crippen molar-refractivity contribution in [2.45, 2.75) is 26.3 Å². The molecule has 1 rings (SSSR count). The molecule has 0 radical (unpaired) electrons. The van der Waals surface area contributed by atoms with Crippen LogP contribution in [0.1, 0.15) is 26.3 Å². The topological polar surface area (TPSA) is 53.8 Å². The van der Waals surface area contributed by atoms with Crippen molar-refractivity contribution in [1.82, 2.24) is 5.43 Å². The standard InChI is InChI=1S/C12H18N2O2.ClH/c1-12(2,3)14-13-8-9-6-5-7-10(16-4)11(9)15;/h5-8,14-15H,1-4H3;1H/b13-8+;. The van der Waals surface area contributed by atoms with E-state index in [1.807, 2.05) is 20.8 Å². The van der Waals surface area contributed by atoms with Gasteiger partial charge < -0.3 is 15.3 Å². The van der Waals surface area contributed by atoms with Gasteiger partial charge in [-0.3, -0.25) is 0 Å². The van der Waals surface area contributed by atoms with E-state index in [0.29, 0.717) is 11.3 Å². The summed E-state index contributed by atoms with van der Waals surface area (Å²) in [5, 5.41) is 13.8. The van der Waals surface area contributed by atoms with E-state index < -0.39 is 0 Å². The highest BCUT2D eigenvalue weighted by Crippen LogP contribution is 2.27. The van der Waals surface area contributed by atoms with Crippen molar-refractivity contribution in [1.29, 1.82) is 0 Å². The molecule has 0 saturated heterocycles. The van der Waals surface area contributed by atoms with Gasteiger partial charge >= 0.3 is 0 Å². The van der Waals surface area contributed by atoms with Gasteiger partial charge in [0.25, 0.3) is 0 Å². The third kappa shape index (κ3) is 4.95. The first-order valence-corrected chi connectivity index (χ1v) is 5.10. The van der Waals surface area contributed by atoms with Gasteiger partial charge in [-0.05, 0) is 32.9 Å². The molecule has 1 aromatic carbocycles. The first-order chi connectivity index (χ1) is 7.44. The lowest BCUT2D eigenvalue weighted by Gasteiger charge is -2.17. The van der Waals surface area contributed by atoms with E-state index >= 15 is 0 Å². The van der Waals surface area contributed by atoms with E-state index in [4.69, 9.17) is 4.74 Å². The normalized spacial score (nSPS) is 11.1. The summed E-state index contributed by atoms with van der Waals surface area (Å²) < 4.78 is 5.00. The lowest BCUT2D eigenvalue weighted by molar-refractivity contribution is 0.373. The lowest BCUT2D eigenvalue weighted by Crippen LogP contribution is -2.31. The second-order valence-electron chi connectivity index (χ2n) is 4.52. The number of rotatable bonds is 3. The number of methoxy groups -OCH3 is 1. The van der Waals surface area contributed by atoms with Crippen LogP contribution in [0.2, 0.25) is 0 Å². The van der Waals surface area contributed by atoms with Crippen LogP contribution < -0.4 is 10.2 Å². The van der Waals surface area contributed by atoms with Gasteiger partial charge in [0.2, 0.25) is 0 Å². The van der Waals surface area contributed by atoms with Gasteiger partial charge in [0, 0.05) is 11.1 Å². The Hall–Kier alpha value is -1.42. The fourth-order valence-electron chi connectivity index (χ4n) is 1.10. The first kappa shape index (κ1) is 15.6. The number of halogens is 1. The molecule has 0 unspecified atom stereocenters. The molecule has 0 aromatic heterocycles. The van der Waals surface area contributed by atoms with Crippen LogP contribution >= 0.6 is 12.4 Å². The predicted octanol–water partition coefficient (Wildman–Crippen LogP) is 2.54. The van der Waals surface area contributed by atoms with Crippen molar-refractivity contribution in [3.05, 3.63) is 23.8 Å². The summed E-state index contributed by atoms with van der Waals surface area (Å²) in [5.41, 5.74) is 3.48. The summed E-state index contributed by atoms with van der Waals surface area (Å²) in [4.78, 5) is 0. The van der Waals surface area contributed by atoms with Gasteiger partial charge in [-0.25, -0.2) is 0 Å². The minimum Gasteiger partial charge on any atom is -0.504 e. The number of nitrogens with one attached hydrogen (secondary N) is 1. The zero-order valence-electron chi connectivity index (χ0n) is 10.5. The van der Waals surface area contributed by atoms with Crippen molar-refractivity contribution in [2.24, 2.45) is 5.10 Å². The third-order valence-corrected chi connectivity index (χ3v) is 1.85. The molecule has 4 nitrogen and oxygen atoms in total. The largest absolute Gasteiger partial charge is 0.504 e. The number of aromatic hydroxyl groups is 1. The predicted molar refractivity (Wildman–Crippen MR) is 72.4 cm³/mol. The smallest absolute Gasteiger partial charge is 0.166 e. The average molecular weight is 259 g/mol. The molecule has 0 saturated carbocycles. The molecule has 2 N–H and O–H groups in total. The van der Waals surface area contributed by atoms with E-state index in [0.717, 1.165) is 0 Å². The highest BCUT2D eigenvalue weighted by molar-refractivity contribution is 5.85. The maximum Gasteiger partial charge on any atom is 0.166 e. The molecule has 0 heterocycles. The van der Waals surface area contributed by atoms with Crippen LogP contribution in [0, 0.1) is 0 Å². The van der Waals surface area contributed by atoms with Crippen molar-refractivity contribution in [3.63, 3.8) is 0 Å². The molecule has 0 aliphatic rings. The van der Waals surface area contributed by atoms with E-state index in [1.54, 1.807) is 24.4 Å². The Bertz CT molecular complexity index is 387. The molecule has 0 aliphatic heterocycles. The minimum absolute atomic E-state index is 0. The van der Waals surface area contributed by atoms with E-state index in [9.17, 15) is 5.11 Å². The third-order valence-electron chi connectivity index (χ3n) is 1.85. The number of ether oxygens (including phenoxy) is 1. The monoisotopic (exact) mass is 258 g/mol. The van der Waals surface area contributed by atoms with Crippen LogP contribution in [0.25, 0.3) is 0 Å². The second-order valence-corrected chi connectivity index (χ2v) is 4.52. The number of hydrogen-bond donors (Lipinski definition) is 2. The van der Waals surface area contributed by atoms with Crippen LogP contribution in [0.4, 0.5) is 0 Å². The number of hydrazone groups is 1. The maximum atomic E-state index is 9.77. The fraction of sp³-hybridized carbons (Fsp3) is 0.417. The molecule has 17 heavy (non-hydrogen) atoms. The average Bonchev–Trinajstić information content (AvgIpc) is 2.19. The van der Waals surface area contributed by atoms with Crippen molar-refractivity contribution < 1.29 is 9.84 Å². The van der Waals surface area contributed by atoms with Crippen molar-refractivity contribution in [2.75, 3.05) is 7.11 Å². The molecule has 96 valence electrons. The Morgan fingerprint density at radius 3 is 2.53 bits per heavy atom. The summed E-state index contributed by atoms with van der Waals surface area (Å²) >= 11 is 0. The van der Waals surface area contributed by atoms with Crippen LogP contribution in [-0.4, -0.2) is 24.0 Å². The zero-order valence-corrected chi connectivity index (χ0v) is 11.3. The Kier molecular flexibility index (Phi) is 5.82. The SMILES string of the molecule is COc1cccc(/C=N/NC(C)(C)C)c1O.Cl. The lowest BCUT2D eigenvalue weighted by atomic mass is 10.1. The highest BCUT2D eigenvalue weighted by atomic mass is 35.5. The Morgan fingerprint density at radius 2 is 2.00 bits per heavy atom. The summed E-state index contributed by atoms with van der Waals surface area (Å²) in [6, 6.07) is 5.27. The molecule has 0 aliphatic carbocycles. The Balaban J connectivity index is 0.00000256. The van der Waals surface area contributed by atoms with E-state index in [-0.39, 0.29) is 23.7 Å². The molecule has 0 fully saturated rings. The van der Waals surface area contributed by atoms with Crippen LogP contribution in [0.3, 0.4) is 0 Å². The summed E-state index contributed by atoms with van der Waals surface area (Å²) in [5.74, 6) is 0.546. The highest BCUT2D eigenvalue weighted by Gasteiger charge is 2.07. The Labute approximate surface area is 108 Å². The second kappa shape index (κ2) is 6.35. The van der Waals surface area contributed by atoms with Crippen molar-refractivity contribution >= 4 is 18.6 Å². The van der Waals surface area contributed by atoms with Gasteiger partial charge in [0.15, 0.2) is 11.5 Å². The number of benzene rings is 1. The van der Waals surface area contributed by atoms with E-state index in [2.05, 4.69) is 10.5 Å². The van der Waals surface area contributed by atoms with Crippen LogP contribution in [0.5, 0.6) is 11.5 Å². The van der Waals surface area contributed by atoms with Gasteiger partial charge in [-0.15, -0.1) is 12.4 Å². The molecule has 5 heteroatoms. The fourth-order valence-corrected chi connectivity index (χ4v) is 1.10. The van der Waals surface area contributed by atoms with E-state index in [1.165, 1.54) is 7.11 Å². The van der Waals surface area contributed by atoms with Crippen LogP contribution in [-0.2, 0) is 0 Å².